The molecule has 3 N–H and O–H groups in total. The predicted molar refractivity (Wildman–Crippen MR) is 108 cm³/mol. The van der Waals surface area contributed by atoms with Crippen molar-refractivity contribution >= 4 is 17.7 Å². The molecule has 2 heterocycles. The first kappa shape index (κ1) is 18.3. The van der Waals surface area contributed by atoms with Gasteiger partial charge in [-0.05, 0) is 31.0 Å². The van der Waals surface area contributed by atoms with E-state index < -0.39 is 0 Å². The van der Waals surface area contributed by atoms with Crippen LogP contribution in [0.1, 0.15) is 28.9 Å². The van der Waals surface area contributed by atoms with E-state index in [0.29, 0.717) is 12.4 Å². The van der Waals surface area contributed by atoms with Gasteiger partial charge in [0.15, 0.2) is 0 Å². The number of nitrogens with one attached hydrogen (secondary N) is 3. The van der Waals surface area contributed by atoms with E-state index in [1.807, 2.05) is 30.3 Å². The number of hydrogen-bond acceptors (Lipinski definition) is 5. The molecule has 2 saturated heterocycles. The van der Waals surface area contributed by atoms with Crippen LogP contribution in [0.25, 0.3) is 0 Å². The molecule has 6 heteroatoms. The van der Waals surface area contributed by atoms with Gasteiger partial charge in [0.1, 0.15) is 12.4 Å². The summed E-state index contributed by atoms with van der Waals surface area (Å²) in [6.07, 6.45) is -0.0723. The number of thioether (sulfide) groups is 1. The lowest BCUT2D eigenvalue weighted by atomic mass is 9.91. The largest absolute Gasteiger partial charge is 0.489 e. The molecule has 2 aliphatic rings. The van der Waals surface area contributed by atoms with Gasteiger partial charge >= 0.3 is 0 Å². The zero-order chi connectivity index (χ0) is 18.8. The van der Waals surface area contributed by atoms with E-state index in [9.17, 15) is 4.79 Å². The molecule has 0 radical (unpaired) electrons. The first-order valence-electron chi connectivity index (χ1n) is 9.32. The molecule has 142 valence electrons. The number of hydrazine groups is 1. The monoisotopic (exact) mass is 383 g/mol. The van der Waals surface area contributed by atoms with Crippen molar-refractivity contribution in [3.63, 3.8) is 0 Å². The molecule has 2 aliphatic heterocycles. The fourth-order valence-corrected chi connectivity index (χ4v) is 5.24. The third kappa shape index (κ3) is 3.83. The van der Waals surface area contributed by atoms with Crippen LogP contribution < -0.4 is 20.9 Å². The molecule has 27 heavy (non-hydrogen) atoms. The van der Waals surface area contributed by atoms with Gasteiger partial charge in [0.2, 0.25) is 5.91 Å². The van der Waals surface area contributed by atoms with Crippen molar-refractivity contribution in [2.75, 3.05) is 5.75 Å². The standard InChI is InChI=1S/C21H25N3O2S/c1-13-7-3-4-8-15(13)11-26-17-10-6-5-9-16(17)20-19-14(2)23-24-21(19)22-18(25)12-27-20/h3-10,14,19-21,23-24H,11-12H2,1-2H3,(H,22,25). The minimum absolute atomic E-state index is 0.0687. The van der Waals surface area contributed by atoms with Crippen molar-refractivity contribution in [1.82, 2.24) is 16.2 Å². The summed E-state index contributed by atoms with van der Waals surface area (Å²) in [5.74, 6) is 1.66. The van der Waals surface area contributed by atoms with E-state index in [2.05, 4.69) is 48.2 Å². The summed E-state index contributed by atoms with van der Waals surface area (Å²) in [5.41, 5.74) is 10.1. The molecule has 0 spiro atoms. The molecule has 5 nitrogen and oxygen atoms in total. The smallest absolute Gasteiger partial charge is 0.231 e. The van der Waals surface area contributed by atoms with Crippen molar-refractivity contribution in [2.45, 2.75) is 37.9 Å². The Morgan fingerprint density at radius 3 is 2.74 bits per heavy atom. The van der Waals surface area contributed by atoms with E-state index in [0.717, 1.165) is 11.3 Å². The first-order chi connectivity index (χ1) is 13.1. The van der Waals surface area contributed by atoms with Crippen LogP contribution in [0.2, 0.25) is 0 Å². The second-order valence-electron chi connectivity index (χ2n) is 7.18. The average molecular weight is 384 g/mol. The topological polar surface area (TPSA) is 62.4 Å². The maximum absolute atomic E-state index is 12.1. The van der Waals surface area contributed by atoms with Crippen molar-refractivity contribution in [3.8, 4) is 5.75 Å². The molecule has 2 aromatic carbocycles. The summed E-state index contributed by atoms with van der Waals surface area (Å²) >= 11 is 1.69. The summed E-state index contributed by atoms with van der Waals surface area (Å²) in [5, 5.41) is 3.25. The van der Waals surface area contributed by atoms with Crippen LogP contribution in [0.15, 0.2) is 48.5 Å². The Morgan fingerprint density at radius 1 is 1.11 bits per heavy atom. The predicted octanol–water partition coefficient (Wildman–Crippen LogP) is 2.92. The van der Waals surface area contributed by atoms with Gasteiger partial charge in [0.25, 0.3) is 0 Å². The zero-order valence-corrected chi connectivity index (χ0v) is 16.4. The highest BCUT2D eigenvalue weighted by Crippen LogP contribution is 2.45. The lowest BCUT2D eigenvalue weighted by molar-refractivity contribution is -0.119. The Bertz CT molecular complexity index is 829. The highest BCUT2D eigenvalue weighted by atomic mass is 32.2. The van der Waals surface area contributed by atoms with Crippen molar-refractivity contribution in [1.29, 1.82) is 0 Å². The molecule has 2 fully saturated rings. The molecule has 0 saturated carbocycles. The molecular formula is C21H25N3O2S. The van der Waals surface area contributed by atoms with Gasteiger partial charge in [0, 0.05) is 22.8 Å². The van der Waals surface area contributed by atoms with Gasteiger partial charge in [-0.15, -0.1) is 11.8 Å². The van der Waals surface area contributed by atoms with Crippen LogP contribution >= 0.6 is 11.8 Å². The highest BCUT2D eigenvalue weighted by Gasteiger charge is 2.43. The fraction of sp³-hybridized carbons (Fsp3) is 0.381. The van der Waals surface area contributed by atoms with Crippen LogP contribution in [0, 0.1) is 12.8 Å². The van der Waals surface area contributed by atoms with E-state index >= 15 is 0 Å². The maximum Gasteiger partial charge on any atom is 0.231 e. The summed E-state index contributed by atoms with van der Waals surface area (Å²) in [7, 11) is 0. The van der Waals surface area contributed by atoms with Gasteiger partial charge in [-0.25, -0.2) is 5.43 Å². The van der Waals surface area contributed by atoms with Crippen LogP contribution in [0.3, 0.4) is 0 Å². The average Bonchev–Trinajstić information content (AvgIpc) is 2.93. The second-order valence-corrected chi connectivity index (χ2v) is 8.31. The number of hydrogen-bond donors (Lipinski definition) is 3. The maximum atomic E-state index is 12.1. The van der Waals surface area contributed by atoms with Gasteiger partial charge in [0.05, 0.1) is 11.9 Å². The molecule has 0 aromatic heterocycles. The zero-order valence-electron chi connectivity index (χ0n) is 15.6. The van der Waals surface area contributed by atoms with E-state index in [4.69, 9.17) is 4.74 Å². The minimum Gasteiger partial charge on any atom is -0.489 e. The number of carbonyl (C=O) groups excluding carboxylic acids is 1. The number of para-hydroxylation sites is 1. The Hall–Kier alpha value is -2.02. The normalized spacial score (nSPS) is 27.6. The molecule has 4 rings (SSSR count). The first-order valence-corrected chi connectivity index (χ1v) is 10.4. The fourth-order valence-electron chi connectivity index (χ4n) is 3.84. The quantitative estimate of drug-likeness (QED) is 0.758. The molecule has 1 amide bonds. The minimum atomic E-state index is -0.0723. The van der Waals surface area contributed by atoms with Crippen molar-refractivity contribution in [2.24, 2.45) is 5.92 Å². The molecule has 4 unspecified atom stereocenters. The number of ether oxygens (including phenoxy) is 1. The summed E-state index contributed by atoms with van der Waals surface area (Å²) in [6.45, 7) is 4.79. The van der Waals surface area contributed by atoms with E-state index in [1.54, 1.807) is 11.8 Å². The van der Waals surface area contributed by atoms with Gasteiger partial charge in [-0.3, -0.25) is 10.2 Å². The highest BCUT2D eigenvalue weighted by molar-refractivity contribution is 8.00. The number of rotatable bonds is 4. The number of fused-ring (bicyclic) bond motifs is 1. The van der Waals surface area contributed by atoms with Crippen LogP contribution in [0.5, 0.6) is 5.75 Å². The number of aryl methyl sites for hydroxylation is 1. The summed E-state index contributed by atoms with van der Waals surface area (Å²) < 4.78 is 6.25. The Labute approximate surface area is 164 Å². The lowest BCUT2D eigenvalue weighted by Gasteiger charge is -2.28. The lowest BCUT2D eigenvalue weighted by Crippen LogP contribution is -2.46. The number of amides is 1. The van der Waals surface area contributed by atoms with Gasteiger partial charge in [-0.1, -0.05) is 42.5 Å². The SMILES string of the molecule is Cc1ccccc1COc1ccccc1C1SCC(=O)NC2NNC(C)C21. The van der Waals surface area contributed by atoms with Crippen LogP contribution in [-0.4, -0.2) is 23.9 Å². The summed E-state index contributed by atoms with van der Waals surface area (Å²) in [6, 6.07) is 16.7. The van der Waals surface area contributed by atoms with Crippen LogP contribution in [-0.2, 0) is 11.4 Å². The van der Waals surface area contributed by atoms with Crippen molar-refractivity contribution < 1.29 is 9.53 Å². The molecule has 0 aliphatic carbocycles. The Kier molecular flexibility index (Phi) is 5.38. The second kappa shape index (κ2) is 7.92. The molecular weight excluding hydrogens is 358 g/mol. The van der Waals surface area contributed by atoms with Gasteiger partial charge < -0.3 is 10.1 Å². The number of benzene rings is 2. The van der Waals surface area contributed by atoms with E-state index in [1.165, 1.54) is 11.1 Å². The Morgan fingerprint density at radius 2 is 1.89 bits per heavy atom. The van der Waals surface area contributed by atoms with Gasteiger partial charge in [-0.2, -0.15) is 0 Å². The third-order valence-electron chi connectivity index (χ3n) is 5.36. The molecule has 2 aromatic rings. The molecule has 0 bridgehead atoms. The third-order valence-corrected chi connectivity index (χ3v) is 6.71. The molecule has 4 atom stereocenters. The number of carbonyl (C=O) groups is 1. The van der Waals surface area contributed by atoms with Crippen molar-refractivity contribution in [3.05, 3.63) is 65.2 Å². The summed E-state index contributed by atoms with van der Waals surface area (Å²) in [4.78, 5) is 12.1. The van der Waals surface area contributed by atoms with E-state index in [-0.39, 0.29) is 29.3 Å². The van der Waals surface area contributed by atoms with Crippen LogP contribution in [0.4, 0.5) is 0 Å². The Balaban J connectivity index is 1.61.